The average molecular weight is 469 g/mol. The van der Waals surface area contributed by atoms with Crippen molar-refractivity contribution in [2.75, 3.05) is 18.0 Å². The first-order valence-corrected chi connectivity index (χ1v) is 13.0. The lowest BCUT2D eigenvalue weighted by Gasteiger charge is -2.23. The Hall–Kier alpha value is -3.25. The van der Waals surface area contributed by atoms with Crippen LogP contribution >= 0.6 is 11.3 Å². The Bertz CT molecular complexity index is 1350. The second-order valence-corrected chi connectivity index (χ2v) is 10.3. The fraction of sp³-hybridized carbons (Fsp3) is 0.321. The Morgan fingerprint density at radius 2 is 1.88 bits per heavy atom. The summed E-state index contributed by atoms with van der Waals surface area (Å²) in [6, 6.07) is 17.5. The molecule has 2 aliphatic rings. The first kappa shape index (κ1) is 21.3. The van der Waals surface area contributed by atoms with Gasteiger partial charge in [-0.05, 0) is 84.5 Å². The van der Waals surface area contributed by atoms with Gasteiger partial charge in [0.25, 0.3) is 5.91 Å². The van der Waals surface area contributed by atoms with E-state index in [2.05, 4.69) is 62.2 Å². The van der Waals surface area contributed by atoms with Gasteiger partial charge in [-0.15, -0.1) is 11.3 Å². The number of carbonyl (C=O) groups excluding carboxylic acids is 1. The lowest BCUT2D eigenvalue weighted by molar-refractivity contribution is 0.0734. The van der Waals surface area contributed by atoms with Crippen LogP contribution in [0.2, 0.25) is 0 Å². The van der Waals surface area contributed by atoms with Crippen molar-refractivity contribution in [2.24, 2.45) is 0 Å². The SMILES string of the molecule is Cc1ccsc1C(=O)N(Cc1cccc(-c2ccc3ncnc(N4CCCC4)c3c2)c1)C1CC1. The van der Waals surface area contributed by atoms with E-state index in [4.69, 9.17) is 0 Å². The van der Waals surface area contributed by atoms with Crippen molar-refractivity contribution >= 4 is 34.0 Å². The molecule has 0 atom stereocenters. The van der Waals surface area contributed by atoms with Crippen LogP contribution in [0, 0.1) is 6.92 Å². The number of carbonyl (C=O) groups is 1. The van der Waals surface area contributed by atoms with Crippen molar-refractivity contribution in [1.82, 2.24) is 14.9 Å². The molecule has 4 aromatic rings. The minimum atomic E-state index is 0.165. The van der Waals surface area contributed by atoms with E-state index in [1.165, 1.54) is 12.8 Å². The smallest absolute Gasteiger partial charge is 0.264 e. The van der Waals surface area contributed by atoms with Crippen molar-refractivity contribution < 1.29 is 4.79 Å². The van der Waals surface area contributed by atoms with Crippen LogP contribution in [0.1, 0.15) is 46.5 Å². The summed E-state index contributed by atoms with van der Waals surface area (Å²) in [6.07, 6.45) is 6.30. The van der Waals surface area contributed by atoms with Crippen LogP contribution in [-0.4, -0.2) is 39.9 Å². The Morgan fingerprint density at radius 3 is 2.65 bits per heavy atom. The van der Waals surface area contributed by atoms with Gasteiger partial charge in [-0.25, -0.2) is 9.97 Å². The van der Waals surface area contributed by atoms with E-state index in [0.717, 1.165) is 69.8 Å². The van der Waals surface area contributed by atoms with Gasteiger partial charge in [-0.2, -0.15) is 0 Å². The average Bonchev–Trinajstić information content (AvgIpc) is 3.37. The van der Waals surface area contributed by atoms with Crippen molar-refractivity contribution in [2.45, 2.75) is 45.2 Å². The van der Waals surface area contributed by atoms with E-state index in [9.17, 15) is 4.79 Å². The third kappa shape index (κ3) is 4.07. The van der Waals surface area contributed by atoms with Gasteiger partial charge in [-0.1, -0.05) is 24.3 Å². The third-order valence-corrected chi connectivity index (χ3v) is 7.94. The molecule has 1 saturated heterocycles. The monoisotopic (exact) mass is 468 g/mol. The maximum Gasteiger partial charge on any atom is 0.264 e. The molecule has 0 spiro atoms. The number of thiophene rings is 1. The molecule has 1 saturated carbocycles. The van der Waals surface area contributed by atoms with Crippen molar-refractivity contribution in [3.63, 3.8) is 0 Å². The number of hydrogen-bond acceptors (Lipinski definition) is 5. The highest BCUT2D eigenvalue weighted by Crippen LogP contribution is 2.33. The number of hydrogen-bond donors (Lipinski definition) is 0. The molecule has 5 nitrogen and oxygen atoms in total. The number of nitrogens with zero attached hydrogens (tertiary/aromatic N) is 4. The van der Waals surface area contributed by atoms with E-state index in [0.29, 0.717) is 12.6 Å². The highest BCUT2D eigenvalue weighted by molar-refractivity contribution is 7.12. The van der Waals surface area contributed by atoms with Crippen LogP contribution in [0.4, 0.5) is 5.82 Å². The molecule has 1 aliphatic heterocycles. The zero-order valence-electron chi connectivity index (χ0n) is 19.4. The number of rotatable bonds is 6. The summed E-state index contributed by atoms with van der Waals surface area (Å²) in [6.45, 7) is 4.78. The van der Waals surface area contributed by atoms with Crippen LogP contribution < -0.4 is 4.90 Å². The van der Waals surface area contributed by atoms with Gasteiger partial charge < -0.3 is 9.80 Å². The lowest BCUT2D eigenvalue weighted by atomic mass is 10.0. The predicted octanol–water partition coefficient (Wildman–Crippen LogP) is 6.07. The lowest BCUT2D eigenvalue weighted by Crippen LogP contribution is -2.32. The largest absolute Gasteiger partial charge is 0.356 e. The van der Waals surface area contributed by atoms with Crippen LogP contribution in [0.15, 0.2) is 60.2 Å². The van der Waals surface area contributed by atoms with E-state index < -0.39 is 0 Å². The van der Waals surface area contributed by atoms with Gasteiger partial charge in [0.1, 0.15) is 12.1 Å². The molecular formula is C28H28N4OS. The molecule has 0 radical (unpaired) electrons. The van der Waals surface area contributed by atoms with Crippen molar-refractivity contribution in [1.29, 1.82) is 0 Å². The summed E-state index contributed by atoms with van der Waals surface area (Å²) in [5.41, 5.74) is 5.53. The molecule has 1 aliphatic carbocycles. The zero-order chi connectivity index (χ0) is 23.1. The molecular weight excluding hydrogens is 440 g/mol. The van der Waals surface area contributed by atoms with E-state index in [-0.39, 0.29) is 5.91 Å². The molecule has 3 heterocycles. The van der Waals surface area contributed by atoms with Crippen LogP contribution in [-0.2, 0) is 6.54 Å². The quantitative estimate of drug-likeness (QED) is 0.345. The standard InChI is InChI=1S/C28H28N4OS/c1-19-11-14-34-26(19)28(33)32(23-8-9-23)17-20-5-4-6-21(15-20)22-7-10-25-24(16-22)27(30-18-29-25)31-12-2-3-13-31/h4-7,10-11,14-16,18,23H,2-3,8-9,12-13,17H2,1H3. The van der Waals surface area contributed by atoms with Gasteiger partial charge in [0, 0.05) is 31.1 Å². The first-order valence-electron chi connectivity index (χ1n) is 12.1. The number of anilines is 1. The van der Waals surface area contributed by atoms with Crippen LogP contribution in [0.3, 0.4) is 0 Å². The highest BCUT2D eigenvalue weighted by Gasteiger charge is 2.34. The van der Waals surface area contributed by atoms with Crippen LogP contribution in [0.5, 0.6) is 0 Å². The second kappa shape index (κ2) is 8.84. The third-order valence-electron chi connectivity index (χ3n) is 6.94. The van der Waals surface area contributed by atoms with Crippen molar-refractivity contribution in [3.05, 3.63) is 76.2 Å². The summed E-state index contributed by atoms with van der Waals surface area (Å²) < 4.78 is 0. The molecule has 0 bridgehead atoms. The fourth-order valence-electron chi connectivity index (χ4n) is 4.92. The molecule has 34 heavy (non-hydrogen) atoms. The number of fused-ring (bicyclic) bond motifs is 1. The minimum absolute atomic E-state index is 0.165. The zero-order valence-corrected chi connectivity index (χ0v) is 20.2. The number of aryl methyl sites for hydroxylation is 1. The Balaban J connectivity index is 1.31. The van der Waals surface area contributed by atoms with Gasteiger partial charge in [-0.3, -0.25) is 4.79 Å². The fourth-order valence-corrected chi connectivity index (χ4v) is 5.80. The molecule has 6 rings (SSSR count). The maximum atomic E-state index is 13.3. The minimum Gasteiger partial charge on any atom is -0.356 e. The summed E-state index contributed by atoms with van der Waals surface area (Å²) in [7, 11) is 0. The molecule has 6 heteroatoms. The van der Waals surface area contributed by atoms with E-state index >= 15 is 0 Å². The molecule has 0 N–H and O–H groups in total. The predicted molar refractivity (Wildman–Crippen MR) is 138 cm³/mol. The molecule has 0 unspecified atom stereocenters. The maximum absolute atomic E-state index is 13.3. The van der Waals surface area contributed by atoms with Crippen molar-refractivity contribution in [3.8, 4) is 11.1 Å². The summed E-state index contributed by atoms with van der Waals surface area (Å²) in [5, 5.41) is 3.11. The number of amides is 1. The first-order chi connectivity index (χ1) is 16.7. The summed E-state index contributed by atoms with van der Waals surface area (Å²) in [5.74, 6) is 1.20. The molecule has 1 amide bonds. The topological polar surface area (TPSA) is 49.3 Å². The molecule has 172 valence electrons. The molecule has 2 aromatic carbocycles. The Kier molecular flexibility index (Phi) is 5.53. The van der Waals surface area contributed by atoms with Crippen LogP contribution in [0.25, 0.3) is 22.0 Å². The van der Waals surface area contributed by atoms with Gasteiger partial charge >= 0.3 is 0 Å². The number of aromatic nitrogens is 2. The van der Waals surface area contributed by atoms with Gasteiger partial charge in [0.05, 0.1) is 10.4 Å². The summed E-state index contributed by atoms with van der Waals surface area (Å²) in [4.78, 5) is 27.7. The Morgan fingerprint density at radius 1 is 1.06 bits per heavy atom. The normalized spacial score (nSPS) is 15.7. The van der Waals surface area contributed by atoms with E-state index in [1.807, 2.05) is 18.4 Å². The summed E-state index contributed by atoms with van der Waals surface area (Å²) >= 11 is 1.55. The Labute approximate surface area is 204 Å². The second-order valence-electron chi connectivity index (χ2n) is 9.42. The highest BCUT2D eigenvalue weighted by atomic mass is 32.1. The van der Waals surface area contributed by atoms with Gasteiger partial charge in [0.2, 0.25) is 0 Å². The number of benzene rings is 2. The van der Waals surface area contributed by atoms with E-state index in [1.54, 1.807) is 17.7 Å². The molecule has 2 aromatic heterocycles. The molecule has 2 fully saturated rings. The van der Waals surface area contributed by atoms with Gasteiger partial charge in [0.15, 0.2) is 0 Å².